The van der Waals surface area contributed by atoms with Crippen molar-refractivity contribution in [3.8, 4) is 11.5 Å². The Hall–Kier alpha value is -1.52. The van der Waals surface area contributed by atoms with Gasteiger partial charge in [-0.05, 0) is 60.4 Å². The zero-order valence-corrected chi connectivity index (χ0v) is 14.3. The summed E-state index contributed by atoms with van der Waals surface area (Å²) in [6.07, 6.45) is 0. The van der Waals surface area contributed by atoms with E-state index in [0.717, 1.165) is 38.2 Å². The molecule has 1 unspecified atom stereocenters. The standard InChI is InChI=1S/C17H20BrNO2/c1-10-8-16(21-4)11(2)7-13(10)17(19)14-9-12(20-3)5-6-15(14)18/h5-9,17H,19H2,1-4H3. The number of hydrogen-bond donors (Lipinski definition) is 1. The summed E-state index contributed by atoms with van der Waals surface area (Å²) in [6.45, 7) is 4.07. The number of hydrogen-bond acceptors (Lipinski definition) is 3. The second-order valence-electron chi connectivity index (χ2n) is 5.04. The van der Waals surface area contributed by atoms with E-state index in [0.29, 0.717) is 0 Å². The molecular weight excluding hydrogens is 330 g/mol. The van der Waals surface area contributed by atoms with Crippen LogP contribution in [-0.4, -0.2) is 14.2 Å². The largest absolute Gasteiger partial charge is 0.497 e. The summed E-state index contributed by atoms with van der Waals surface area (Å²) in [5.41, 5.74) is 10.8. The van der Waals surface area contributed by atoms with Crippen LogP contribution in [0, 0.1) is 13.8 Å². The molecule has 0 radical (unpaired) electrons. The van der Waals surface area contributed by atoms with Gasteiger partial charge in [0.25, 0.3) is 0 Å². The number of methoxy groups -OCH3 is 2. The van der Waals surface area contributed by atoms with Gasteiger partial charge in [-0.25, -0.2) is 0 Å². The Labute approximate surface area is 134 Å². The number of aryl methyl sites for hydroxylation is 2. The molecular formula is C17H20BrNO2. The molecule has 2 aromatic rings. The molecule has 0 spiro atoms. The van der Waals surface area contributed by atoms with Gasteiger partial charge in [-0.1, -0.05) is 22.0 Å². The normalized spacial score (nSPS) is 12.1. The van der Waals surface area contributed by atoms with Crippen molar-refractivity contribution in [3.63, 3.8) is 0 Å². The van der Waals surface area contributed by atoms with Gasteiger partial charge in [0.05, 0.1) is 20.3 Å². The summed E-state index contributed by atoms with van der Waals surface area (Å²) in [6, 6.07) is 9.72. The van der Waals surface area contributed by atoms with Gasteiger partial charge < -0.3 is 15.2 Å². The SMILES string of the molecule is COc1ccc(Br)c(C(N)c2cc(C)c(OC)cc2C)c1. The summed E-state index contributed by atoms with van der Waals surface area (Å²) in [7, 11) is 3.33. The molecule has 4 heteroatoms. The first-order chi connectivity index (χ1) is 9.97. The minimum Gasteiger partial charge on any atom is -0.497 e. The Morgan fingerprint density at radius 2 is 1.67 bits per heavy atom. The Morgan fingerprint density at radius 1 is 0.952 bits per heavy atom. The summed E-state index contributed by atoms with van der Waals surface area (Å²) < 4.78 is 11.6. The average Bonchev–Trinajstić information content (AvgIpc) is 2.49. The van der Waals surface area contributed by atoms with Crippen LogP contribution in [0.2, 0.25) is 0 Å². The highest BCUT2D eigenvalue weighted by atomic mass is 79.9. The zero-order valence-electron chi connectivity index (χ0n) is 12.7. The highest BCUT2D eigenvalue weighted by Crippen LogP contribution is 2.33. The Kier molecular flexibility index (Phi) is 4.91. The molecule has 21 heavy (non-hydrogen) atoms. The highest BCUT2D eigenvalue weighted by Gasteiger charge is 2.17. The minimum absolute atomic E-state index is 0.223. The molecule has 0 aromatic heterocycles. The summed E-state index contributed by atoms with van der Waals surface area (Å²) in [5.74, 6) is 1.68. The van der Waals surface area contributed by atoms with Crippen LogP contribution >= 0.6 is 15.9 Å². The smallest absolute Gasteiger partial charge is 0.122 e. The van der Waals surface area contributed by atoms with Gasteiger partial charge >= 0.3 is 0 Å². The fraction of sp³-hybridized carbons (Fsp3) is 0.294. The predicted octanol–water partition coefficient (Wildman–Crippen LogP) is 4.13. The maximum absolute atomic E-state index is 6.48. The van der Waals surface area contributed by atoms with E-state index in [1.807, 2.05) is 38.1 Å². The third-order valence-corrected chi connectivity index (χ3v) is 4.38. The van der Waals surface area contributed by atoms with E-state index in [9.17, 15) is 0 Å². The lowest BCUT2D eigenvalue weighted by molar-refractivity contribution is 0.411. The summed E-state index contributed by atoms with van der Waals surface area (Å²) in [4.78, 5) is 0. The summed E-state index contributed by atoms with van der Waals surface area (Å²) >= 11 is 3.57. The maximum atomic E-state index is 6.48. The van der Waals surface area contributed by atoms with Crippen molar-refractivity contribution in [1.29, 1.82) is 0 Å². The lowest BCUT2D eigenvalue weighted by atomic mass is 9.93. The van der Waals surface area contributed by atoms with Crippen molar-refractivity contribution in [2.24, 2.45) is 5.73 Å². The maximum Gasteiger partial charge on any atom is 0.122 e. The first-order valence-electron chi connectivity index (χ1n) is 6.72. The van der Waals surface area contributed by atoms with E-state index in [2.05, 4.69) is 22.0 Å². The molecule has 3 nitrogen and oxygen atoms in total. The Balaban J connectivity index is 2.49. The lowest BCUT2D eigenvalue weighted by Crippen LogP contribution is -2.14. The van der Waals surface area contributed by atoms with Crippen LogP contribution in [0.4, 0.5) is 0 Å². The zero-order chi connectivity index (χ0) is 15.6. The first-order valence-corrected chi connectivity index (χ1v) is 7.51. The van der Waals surface area contributed by atoms with E-state index in [1.54, 1.807) is 14.2 Å². The van der Waals surface area contributed by atoms with Crippen molar-refractivity contribution >= 4 is 15.9 Å². The topological polar surface area (TPSA) is 44.5 Å². The quantitative estimate of drug-likeness (QED) is 0.902. The van der Waals surface area contributed by atoms with Crippen LogP contribution in [0.1, 0.15) is 28.3 Å². The van der Waals surface area contributed by atoms with Gasteiger partial charge in [0.15, 0.2) is 0 Å². The van der Waals surface area contributed by atoms with Crippen molar-refractivity contribution in [2.45, 2.75) is 19.9 Å². The van der Waals surface area contributed by atoms with Gasteiger partial charge in [0.1, 0.15) is 11.5 Å². The van der Waals surface area contributed by atoms with Gasteiger partial charge in [0.2, 0.25) is 0 Å². The Bertz CT molecular complexity index is 655. The van der Waals surface area contributed by atoms with Crippen molar-refractivity contribution in [1.82, 2.24) is 0 Å². The van der Waals surface area contributed by atoms with Crippen LogP contribution < -0.4 is 15.2 Å². The van der Waals surface area contributed by atoms with Crippen LogP contribution in [0.25, 0.3) is 0 Å². The number of nitrogens with two attached hydrogens (primary N) is 1. The summed E-state index contributed by atoms with van der Waals surface area (Å²) in [5, 5.41) is 0. The fourth-order valence-corrected chi connectivity index (χ4v) is 2.91. The minimum atomic E-state index is -0.223. The third kappa shape index (κ3) is 3.22. The molecule has 0 aliphatic carbocycles. The molecule has 0 aliphatic heterocycles. The van der Waals surface area contributed by atoms with Gasteiger partial charge in [-0.2, -0.15) is 0 Å². The van der Waals surface area contributed by atoms with Gasteiger partial charge in [-0.15, -0.1) is 0 Å². The molecule has 0 saturated heterocycles. The molecule has 0 saturated carbocycles. The van der Waals surface area contributed by atoms with E-state index >= 15 is 0 Å². The molecule has 0 aliphatic rings. The molecule has 0 bridgehead atoms. The van der Waals surface area contributed by atoms with E-state index in [4.69, 9.17) is 15.2 Å². The number of halogens is 1. The monoisotopic (exact) mass is 349 g/mol. The fourth-order valence-electron chi connectivity index (χ4n) is 2.42. The number of benzene rings is 2. The van der Waals surface area contributed by atoms with Crippen LogP contribution in [0.3, 0.4) is 0 Å². The molecule has 0 amide bonds. The predicted molar refractivity (Wildman–Crippen MR) is 89.2 cm³/mol. The van der Waals surface area contributed by atoms with Gasteiger partial charge in [-0.3, -0.25) is 0 Å². The average molecular weight is 350 g/mol. The molecule has 2 N–H and O–H groups in total. The van der Waals surface area contributed by atoms with Crippen LogP contribution in [0.5, 0.6) is 11.5 Å². The molecule has 0 fully saturated rings. The van der Waals surface area contributed by atoms with E-state index in [1.165, 1.54) is 0 Å². The second kappa shape index (κ2) is 6.50. The molecule has 112 valence electrons. The van der Waals surface area contributed by atoms with Crippen molar-refractivity contribution in [3.05, 3.63) is 57.1 Å². The first kappa shape index (κ1) is 15.9. The van der Waals surface area contributed by atoms with Crippen LogP contribution in [0.15, 0.2) is 34.8 Å². The Morgan fingerprint density at radius 3 is 2.29 bits per heavy atom. The third-order valence-electron chi connectivity index (χ3n) is 3.66. The van der Waals surface area contributed by atoms with Crippen molar-refractivity contribution in [2.75, 3.05) is 14.2 Å². The van der Waals surface area contributed by atoms with E-state index < -0.39 is 0 Å². The van der Waals surface area contributed by atoms with Crippen LogP contribution in [-0.2, 0) is 0 Å². The molecule has 2 rings (SSSR count). The lowest BCUT2D eigenvalue weighted by Gasteiger charge is -2.19. The van der Waals surface area contributed by atoms with Crippen molar-refractivity contribution < 1.29 is 9.47 Å². The number of ether oxygens (including phenoxy) is 2. The van der Waals surface area contributed by atoms with Gasteiger partial charge in [0, 0.05) is 4.47 Å². The number of rotatable bonds is 4. The molecule has 1 atom stereocenters. The highest BCUT2D eigenvalue weighted by molar-refractivity contribution is 9.10. The molecule has 0 heterocycles. The second-order valence-corrected chi connectivity index (χ2v) is 5.90. The molecule has 2 aromatic carbocycles. The van der Waals surface area contributed by atoms with E-state index in [-0.39, 0.29) is 6.04 Å².